The number of aliphatic hydroxyl groups excluding tert-OH is 1. The largest absolute Gasteiger partial charge is 0.507 e. The van der Waals surface area contributed by atoms with Crippen molar-refractivity contribution in [1.82, 2.24) is 4.90 Å². The number of rotatable bonds is 4. The second kappa shape index (κ2) is 7.76. The Morgan fingerprint density at radius 2 is 1.74 bits per heavy atom. The molecule has 160 valence electrons. The molecule has 0 aromatic heterocycles. The average molecular weight is 419 g/mol. The summed E-state index contributed by atoms with van der Waals surface area (Å²) in [7, 11) is 0. The van der Waals surface area contributed by atoms with E-state index in [9.17, 15) is 14.7 Å². The number of amides is 1. The maximum atomic E-state index is 13.2. The Balaban J connectivity index is 1.64. The number of ketones is 1. The second-order valence-electron chi connectivity index (χ2n) is 8.31. The van der Waals surface area contributed by atoms with Crippen molar-refractivity contribution in [2.45, 2.75) is 51.1 Å². The molecule has 2 aromatic rings. The van der Waals surface area contributed by atoms with Crippen molar-refractivity contribution >= 4 is 17.4 Å². The molecule has 1 saturated carbocycles. The van der Waals surface area contributed by atoms with Crippen molar-refractivity contribution < 1.29 is 24.2 Å². The molecule has 0 bridgehead atoms. The van der Waals surface area contributed by atoms with Gasteiger partial charge in [-0.2, -0.15) is 0 Å². The summed E-state index contributed by atoms with van der Waals surface area (Å²) in [5.74, 6) is -0.236. The first-order valence-electron chi connectivity index (χ1n) is 10.9. The van der Waals surface area contributed by atoms with Crippen LogP contribution in [0.25, 0.3) is 5.76 Å². The number of aryl methyl sites for hydroxylation is 1. The van der Waals surface area contributed by atoms with Crippen molar-refractivity contribution in [2.24, 2.45) is 0 Å². The summed E-state index contributed by atoms with van der Waals surface area (Å²) < 4.78 is 10.8. The van der Waals surface area contributed by atoms with Gasteiger partial charge in [-0.3, -0.25) is 9.59 Å². The highest BCUT2D eigenvalue weighted by atomic mass is 16.7. The number of ether oxygens (including phenoxy) is 2. The summed E-state index contributed by atoms with van der Waals surface area (Å²) in [5, 5.41) is 11.2. The monoisotopic (exact) mass is 419 g/mol. The summed E-state index contributed by atoms with van der Waals surface area (Å²) in [5.41, 5.74) is 2.59. The Labute approximate surface area is 181 Å². The number of fused-ring (bicyclic) bond motifs is 1. The van der Waals surface area contributed by atoms with Crippen LogP contribution < -0.4 is 9.47 Å². The van der Waals surface area contributed by atoms with Gasteiger partial charge in [0.25, 0.3) is 11.7 Å². The predicted molar refractivity (Wildman–Crippen MR) is 115 cm³/mol. The quantitative estimate of drug-likeness (QED) is 0.453. The van der Waals surface area contributed by atoms with E-state index in [1.54, 1.807) is 23.1 Å². The molecule has 31 heavy (non-hydrogen) atoms. The number of hydrogen-bond donors (Lipinski definition) is 1. The number of aliphatic hydroxyl groups is 1. The first-order valence-corrected chi connectivity index (χ1v) is 10.9. The first-order chi connectivity index (χ1) is 15.1. The lowest BCUT2D eigenvalue weighted by molar-refractivity contribution is -0.141. The van der Waals surface area contributed by atoms with Gasteiger partial charge in [0.1, 0.15) is 5.76 Å². The Bertz CT molecular complexity index is 1070. The van der Waals surface area contributed by atoms with Crippen LogP contribution in [0, 0.1) is 0 Å². The van der Waals surface area contributed by atoms with Crippen LogP contribution in [0.3, 0.4) is 0 Å². The molecule has 2 heterocycles. The Kier molecular flexibility index (Phi) is 4.93. The van der Waals surface area contributed by atoms with Gasteiger partial charge in [-0.1, -0.05) is 44.0 Å². The van der Waals surface area contributed by atoms with E-state index in [0.717, 1.165) is 37.7 Å². The van der Waals surface area contributed by atoms with Crippen LogP contribution in [-0.2, 0) is 16.0 Å². The highest BCUT2D eigenvalue weighted by Gasteiger charge is 2.49. The molecule has 1 saturated heterocycles. The molecule has 1 aliphatic carbocycles. The minimum atomic E-state index is -0.633. The zero-order valence-corrected chi connectivity index (χ0v) is 17.5. The zero-order chi connectivity index (χ0) is 21.5. The lowest BCUT2D eigenvalue weighted by Gasteiger charge is -2.30. The highest BCUT2D eigenvalue weighted by Crippen LogP contribution is 2.44. The summed E-state index contributed by atoms with van der Waals surface area (Å²) in [6.45, 7) is 2.20. The van der Waals surface area contributed by atoms with Crippen molar-refractivity contribution in [3.63, 3.8) is 0 Å². The number of nitrogens with zero attached hydrogens (tertiary/aromatic N) is 1. The zero-order valence-electron chi connectivity index (χ0n) is 17.5. The van der Waals surface area contributed by atoms with Gasteiger partial charge in [0.05, 0.1) is 11.6 Å². The molecule has 6 nitrogen and oxygen atoms in total. The van der Waals surface area contributed by atoms with Crippen LogP contribution >= 0.6 is 0 Å². The summed E-state index contributed by atoms with van der Waals surface area (Å²) in [6.07, 6.45) is 4.73. The van der Waals surface area contributed by atoms with Crippen LogP contribution in [0.5, 0.6) is 11.5 Å². The number of likely N-dealkylation sites (tertiary alicyclic amines) is 1. The third kappa shape index (κ3) is 3.26. The van der Waals surface area contributed by atoms with Crippen LogP contribution in [-0.4, -0.2) is 34.5 Å². The summed E-state index contributed by atoms with van der Waals surface area (Å²) in [6, 6.07) is 12.4. The smallest absolute Gasteiger partial charge is 0.295 e. The van der Waals surface area contributed by atoms with Crippen LogP contribution in [0.2, 0.25) is 0 Å². The third-order valence-electron chi connectivity index (χ3n) is 6.55. The highest BCUT2D eigenvalue weighted by molar-refractivity contribution is 6.46. The summed E-state index contributed by atoms with van der Waals surface area (Å²) in [4.78, 5) is 28.0. The van der Waals surface area contributed by atoms with Crippen LogP contribution in [0.15, 0.2) is 48.0 Å². The van der Waals surface area contributed by atoms with E-state index >= 15 is 0 Å². The number of carbonyl (C=O) groups is 2. The SMILES string of the molecule is CCc1ccc(C2/C(=C(/O)c3ccc4c(c3)OCO4)C(=O)C(=O)N2C2CCCC2)cc1. The standard InChI is InChI=1S/C25H25NO5/c1-2-15-7-9-16(10-8-15)22-21(24(28)25(29)26(22)18-5-3-4-6-18)23(27)17-11-12-19-20(13-17)31-14-30-19/h7-13,18,22,27H,2-6,14H2,1H3/b23-21-. The summed E-state index contributed by atoms with van der Waals surface area (Å²) >= 11 is 0. The van der Waals surface area contributed by atoms with Crippen molar-refractivity contribution in [2.75, 3.05) is 6.79 Å². The number of hydrogen-bond acceptors (Lipinski definition) is 5. The minimum Gasteiger partial charge on any atom is -0.507 e. The second-order valence-corrected chi connectivity index (χ2v) is 8.31. The number of carbonyl (C=O) groups excluding carboxylic acids is 2. The maximum Gasteiger partial charge on any atom is 0.295 e. The molecule has 2 aliphatic heterocycles. The van der Waals surface area contributed by atoms with E-state index < -0.39 is 17.7 Å². The van der Waals surface area contributed by atoms with Gasteiger partial charge in [0, 0.05) is 11.6 Å². The number of benzene rings is 2. The molecule has 5 rings (SSSR count). The molecule has 3 aliphatic rings. The molecule has 0 radical (unpaired) electrons. The van der Waals surface area contributed by atoms with E-state index in [2.05, 4.69) is 6.92 Å². The fourth-order valence-electron chi connectivity index (χ4n) is 4.87. The van der Waals surface area contributed by atoms with Gasteiger partial charge in [0.2, 0.25) is 6.79 Å². The lowest BCUT2D eigenvalue weighted by atomic mass is 9.93. The molecular formula is C25H25NO5. The van der Waals surface area contributed by atoms with Gasteiger partial charge in [0.15, 0.2) is 11.5 Å². The van der Waals surface area contributed by atoms with E-state index in [1.165, 1.54) is 5.56 Å². The fourth-order valence-corrected chi connectivity index (χ4v) is 4.87. The van der Waals surface area contributed by atoms with Gasteiger partial charge >= 0.3 is 0 Å². The molecule has 1 atom stereocenters. The number of Topliss-reactive ketones (excluding diaryl/α,β-unsaturated/α-hetero) is 1. The van der Waals surface area contributed by atoms with E-state index in [-0.39, 0.29) is 24.2 Å². The van der Waals surface area contributed by atoms with Crippen LogP contribution in [0.1, 0.15) is 55.3 Å². The van der Waals surface area contributed by atoms with Gasteiger partial charge in [-0.25, -0.2) is 0 Å². The Morgan fingerprint density at radius 3 is 2.45 bits per heavy atom. The lowest BCUT2D eigenvalue weighted by Crippen LogP contribution is -2.37. The van der Waals surface area contributed by atoms with Gasteiger partial charge in [-0.15, -0.1) is 0 Å². The average Bonchev–Trinajstić information content (AvgIpc) is 3.53. The third-order valence-corrected chi connectivity index (χ3v) is 6.55. The van der Waals surface area contributed by atoms with E-state index in [4.69, 9.17) is 9.47 Å². The van der Waals surface area contributed by atoms with Crippen LogP contribution in [0.4, 0.5) is 0 Å². The topological polar surface area (TPSA) is 76.1 Å². The predicted octanol–water partition coefficient (Wildman–Crippen LogP) is 4.34. The van der Waals surface area contributed by atoms with E-state index in [0.29, 0.717) is 17.1 Å². The van der Waals surface area contributed by atoms with Gasteiger partial charge < -0.3 is 19.5 Å². The maximum absolute atomic E-state index is 13.2. The van der Waals surface area contributed by atoms with Gasteiger partial charge in [-0.05, 0) is 48.6 Å². The fraction of sp³-hybridized carbons (Fsp3) is 0.360. The molecule has 6 heteroatoms. The van der Waals surface area contributed by atoms with E-state index in [1.807, 2.05) is 24.3 Å². The normalized spacial score (nSPS) is 22.5. The minimum absolute atomic E-state index is 0.00866. The Hall–Kier alpha value is -3.28. The molecule has 1 amide bonds. The van der Waals surface area contributed by atoms with Crippen molar-refractivity contribution in [1.29, 1.82) is 0 Å². The Morgan fingerprint density at radius 1 is 1.03 bits per heavy atom. The van der Waals surface area contributed by atoms with Crippen molar-refractivity contribution in [3.8, 4) is 11.5 Å². The molecule has 2 aromatic carbocycles. The molecule has 1 unspecified atom stereocenters. The molecular weight excluding hydrogens is 394 g/mol. The van der Waals surface area contributed by atoms with Crippen molar-refractivity contribution in [3.05, 3.63) is 64.7 Å². The molecule has 1 N–H and O–H groups in total. The molecule has 0 spiro atoms. The first kappa shape index (κ1) is 19.7. The molecule has 2 fully saturated rings.